The highest BCUT2D eigenvalue weighted by atomic mass is 16.3. The molecule has 0 radical (unpaired) electrons. The zero-order valence-electron chi connectivity index (χ0n) is 13.9. The lowest BCUT2D eigenvalue weighted by atomic mass is 9.54. The molecule has 4 aliphatic carbocycles. The van der Waals surface area contributed by atoms with E-state index in [1.165, 1.54) is 11.1 Å². The van der Waals surface area contributed by atoms with Gasteiger partial charge in [-0.05, 0) is 50.4 Å². The van der Waals surface area contributed by atoms with Crippen LogP contribution in [0.15, 0.2) is 22.8 Å². The number of allylic oxidation sites excluding steroid dienone is 2. The molecule has 1 N–H and O–H groups in total. The van der Waals surface area contributed by atoms with Gasteiger partial charge in [0.15, 0.2) is 0 Å². The molecule has 4 rings (SSSR count). The molecule has 3 heteroatoms. The zero-order chi connectivity index (χ0) is 16.2. The molecule has 4 aliphatic rings. The van der Waals surface area contributed by atoms with Crippen LogP contribution in [-0.2, 0) is 4.79 Å². The maximum Gasteiger partial charge on any atom is 0.137 e. The van der Waals surface area contributed by atoms with Crippen LogP contribution in [0.1, 0.15) is 64.7 Å². The number of ketones is 1. The van der Waals surface area contributed by atoms with Crippen LogP contribution in [0, 0.1) is 28.6 Å². The van der Waals surface area contributed by atoms with Gasteiger partial charge in [0.25, 0.3) is 0 Å². The van der Waals surface area contributed by atoms with E-state index in [9.17, 15) is 9.90 Å². The lowest BCUT2D eigenvalue weighted by molar-refractivity contribution is -0.119. The minimum atomic E-state index is -0.876. The van der Waals surface area contributed by atoms with E-state index in [4.69, 9.17) is 5.26 Å². The number of nitriles is 1. The van der Waals surface area contributed by atoms with Crippen molar-refractivity contribution >= 4 is 5.78 Å². The van der Waals surface area contributed by atoms with Crippen molar-refractivity contribution < 1.29 is 9.90 Å². The topological polar surface area (TPSA) is 61.1 Å². The third kappa shape index (κ3) is 2.01. The Balaban J connectivity index is 1.67. The second-order valence-corrected chi connectivity index (χ2v) is 8.20. The maximum absolute atomic E-state index is 11.8. The molecular weight excluding hydrogens is 286 g/mol. The number of nitrogens with zero attached hydrogens (tertiary/aromatic N) is 1. The number of carbonyl (C=O) groups excluding carboxylic acids is 1. The maximum atomic E-state index is 11.8. The summed E-state index contributed by atoms with van der Waals surface area (Å²) in [6.07, 6.45) is 9.68. The van der Waals surface area contributed by atoms with Crippen molar-refractivity contribution in [3.05, 3.63) is 22.8 Å². The van der Waals surface area contributed by atoms with E-state index in [1.807, 2.05) is 0 Å². The van der Waals surface area contributed by atoms with E-state index < -0.39 is 5.60 Å². The van der Waals surface area contributed by atoms with E-state index in [2.05, 4.69) is 19.1 Å². The van der Waals surface area contributed by atoms with Crippen LogP contribution in [-0.4, -0.2) is 16.5 Å². The molecule has 0 aromatic heterocycles. The average molecular weight is 311 g/mol. The first-order chi connectivity index (χ1) is 11.0. The second-order valence-electron chi connectivity index (χ2n) is 8.20. The van der Waals surface area contributed by atoms with Gasteiger partial charge in [-0.25, -0.2) is 0 Å². The molecule has 122 valence electrons. The summed E-state index contributed by atoms with van der Waals surface area (Å²) in [4.78, 5) is 11.8. The third-order valence-corrected chi connectivity index (χ3v) is 7.28. The minimum absolute atomic E-state index is 0.226. The van der Waals surface area contributed by atoms with Gasteiger partial charge in [-0.2, -0.15) is 5.26 Å². The number of aliphatic hydroxyl groups is 1. The molecule has 0 aromatic rings. The Morgan fingerprint density at radius 1 is 1.30 bits per heavy atom. The number of hydrogen-bond donors (Lipinski definition) is 1. The van der Waals surface area contributed by atoms with Crippen molar-refractivity contribution in [2.45, 2.75) is 70.3 Å². The predicted molar refractivity (Wildman–Crippen MR) is 87.3 cm³/mol. The van der Waals surface area contributed by atoms with E-state index in [0.717, 1.165) is 38.5 Å². The van der Waals surface area contributed by atoms with Crippen LogP contribution in [0.3, 0.4) is 0 Å². The third-order valence-electron chi connectivity index (χ3n) is 7.28. The van der Waals surface area contributed by atoms with Crippen molar-refractivity contribution in [2.75, 3.05) is 0 Å². The standard InChI is InChI=1S/C20H25NO2/c1-19-8-6-16-15-5-3-14(22)12-13(15)2-4-17(16)18(19)7-9-20(19,23)10-11-21/h7,16-17,23H,2-6,8-10,12H2,1H3/t16?,17?,19?,20-/m1/s1. The molecule has 0 bridgehead atoms. The SMILES string of the molecule is CC12CCC3C4=C(CCC3C1=CC[C@@]2(O)CC#N)CC(=O)CC4. The summed E-state index contributed by atoms with van der Waals surface area (Å²) in [5, 5.41) is 20.2. The summed E-state index contributed by atoms with van der Waals surface area (Å²) in [5.41, 5.74) is 3.30. The summed E-state index contributed by atoms with van der Waals surface area (Å²) in [6.45, 7) is 2.17. The first kappa shape index (κ1) is 15.1. The highest BCUT2D eigenvalue weighted by Gasteiger charge is 2.57. The molecule has 3 nitrogen and oxygen atoms in total. The monoisotopic (exact) mass is 311 g/mol. The van der Waals surface area contributed by atoms with Gasteiger partial charge in [0.2, 0.25) is 0 Å². The molecule has 4 atom stereocenters. The fraction of sp³-hybridized carbons (Fsp3) is 0.700. The fourth-order valence-electron chi connectivity index (χ4n) is 5.89. The molecule has 0 amide bonds. The lowest BCUT2D eigenvalue weighted by Crippen LogP contribution is -2.49. The smallest absolute Gasteiger partial charge is 0.137 e. The highest BCUT2D eigenvalue weighted by molar-refractivity contribution is 5.82. The van der Waals surface area contributed by atoms with E-state index in [0.29, 0.717) is 30.5 Å². The molecule has 23 heavy (non-hydrogen) atoms. The summed E-state index contributed by atoms with van der Waals surface area (Å²) < 4.78 is 0. The van der Waals surface area contributed by atoms with Crippen LogP contribution < -0.4 is 0 Å². The number of fused-ring (bicyclic) bond motifs is 4. The summed E-state index contributed by atoms with van der Waals surface area (Å²) in [5.74, 6) is 1.51. The van der Waals surface area contributed by atoms with Gasteiger partial charge >= 0.3 is 0 Å². The Hall–Kier alpha value is -1.40. The van der Waals surface area contributed by atoms with Gasteiger partial charge in [-0.1, -0.05) is 29.7 Å². The summed E-state index contributed by atoms with van der Waals surface area (Å²) in [7, 11) is 0. The second kappa shape index (κ2) is 5.05. The number of carbonyl (C=O) groups is 1. The molecule has 3 unspecified atom stereocenters. The molecule has 0 saturated heterocycles. The van der Waals surface area contributed by atoms with Gasteiger partial charge in [-0.15, -0.1) is 0 Å². The van der Waals surface area contributed by atoms with Crippen LogP contribution >= 0.6 is 0 Å². The van der Waals surface area contributed by atoms with Crippen molar-refractivity contribution in [2.24, 2.45) is 17.3 Å². The van der Waals surface area contributed by atoms with E-state index >= 15 is 0 Å². The molecule has 0 aromatic carbocycles. The Bertz CT molecular complexity index is 668. The van der Waals surface area contributed by atoms with Crippen LogP contribution in [0.4, 0.5) is 0 Å². The first-order valence-electron chi connectivity index (χ1n) is 9.01. The number of hydrogen-bond acceptors (Lipinski definition) is 3. The summed E-state index contributed by atoms with van der Waals surface area (Å²) >= 11 is 0. The Labute approximate surface area is 138 Å². The van der Waals surface area contributed by atoms with Crippen LogP contribution in [0.2, 0.25) is 0 Å². The molecule has 1 fully saturated rings. The Morgan fingerprint density at radius 2 is 2.13 bits per heavy atom. The fourth-order valence-corrected chi connectivity index (χ4v) is 5.89. The van der Waals surface area contributed by atoms with Crippen LogP contribution in [0.25, 0.3) is 0 Å². The van der Waals surface area contributed by atoms with Crippen molar-refractivity contribution in [1.82, 2.24) is 0 Å². The average Bonchev–Trinajstić information content (AvgIpc) is 2.79. The zero-order valence-corrected chi connectivity index (χ0v) is 13.9. The molecule has 1 saturated carbocycles. The van der Waals surface area contributed by atoms with Crippen molar-refractivity contribution in [3.63, 3.8) is 0 Å². The molecular formula is C20H25NO2. The number of Topliss-reactive ketones (excluding diaryl/α,β-unsaturated/α-hetero) is 1. The number of rotatable bonds is 1. The largest absolute Gasteiger partial charge is 0.388 e. The van der Waals surface area contributed by atoms with Gasteiger partial charge < -0.3 is 5.11 Å². The van der Waals surface area contributed by atoms with Crippen LogP contribution in [0.5, 0.6) is 0 Å². The quantitative estimate of drug-likeness (QED) is 0.748. The summed E-state index contributed by atoms with van der Waals surface area (Å²) in [6, 6.07) is 2.20. The van der Waals surface area contributed by atoms with Gasteiger partial charge in [0, 0.05) is 18.3 Å². The van der Waals surface area contributed by atoms with Gasteiger partial charge in [0.05, 0.1) is 18.1 Å². The molecule has 0 spiro atoms. The normalized spacial score (nSPS) is 42.5. The first-order valence-corrected chi connectivity index (χ1v) is 9.01. The molecule has 0 aliphatic heterocycles. The van der Waals surface area contributed by atoms with E-state index in [-0.39, 0.29) is 11.8 Å². The van der Waals surface area contributed by atoms with E-state index in [1.54, 1.807) is 5.57 Å². The predicted octanol–water partition coefficient (Wildman–Crippen LogP) is 3.84. The minimum Gasteiger partial charge on any atom is -0.388 e. The van der Waals surface area contributed by atoms with Crippen molar-refractivity contribution in [1.29, 1.82) is 5.26 Å². The van der Waals surface area contributed by atoms with Gasteiger partial charge in [-0.3, -0.25) is 4.79 Å². The Kier molecular flexibility index (Phi) is 3.32. The molecule has 0 heterocycles. The van der Waals surface area contributed by atoms with Crippen molar-refractivity contribution in [3.8, 4) is 6.07 Å². The highest BCUT2D eigenvalue weighted by Crippen LogP contribution is 2.62. The lowest BCUT2D eigenvalue weighted by Gasteiger charge is -2.51. The Morgan fingerprint density at radius 3 is 2.91 bits per heavy atom. The van der Waals surface area contributed by atoms with Gasteiger partial charge in [0.1, 0.15) is 5.78 Å².